The molecule has 0 radical (unpaired) electrons. The van der Waals surface area contributed by atoms with Gasteiger partial charge >= 0.3 is 0 Å². The predicted molar refractivity (Wildman–Crippen MR) is 118 cm³/mol. The van der Waals surface area contributed by atoms with E-state index in [0.717, 1.165) is 34.4 Å². The Bertz CT molecular complexity index is 1020. The van der Waals surface area contributed by atoms with Crippen molar-refractivity contribution < 1.29 is 13.2 Å². The molecule has 29 heavy (non-hydrogen) atoms. The molecule has 0 fully saturated rings. The van der Waals surface area contributed by atoms with Crippen molar-refractivity contribution in [3.63, 3.8) is 0 Å². The van der Waals surface area contributed by atoms with Crippen LogP contribution in [-0.2, 0) is 21.2 Å². The van der Waals surface area contributed by atoms with Crippen LogP contribution in [0.2, 0.25) is 0 Å². The van der Waals surface area contributed by atoms with Gasteiger partial charge in [-0.1, -0.05) is 31.5 Å². The molecule has 156 valence electrons. The summed E-state index contributed by atoms with van der Waals surface area (Å²) in [6, 6.07) is 9.23. The van der Waals surface area contributed by atoms with Gasteiger partial charge in [0.1, 0.15) is 0 Å². The fourth-order valence-electron chi connectivity index (χ4n) is 4.05. The van der Waals surface area contributed by atoms with E-state index in [1.54, 1.807) is 6.07 Å². The minimum Gasteiger partial charge on any atom is -0.312 e. The third-order valence-electron chi connectivity index (χ3n) is 5.34. The van der Waals surface area contributed by atoms with Crippen LogP contribution in [0.15, 0.2) is 35.2 Å². The van der Waals surface area contributed by atoms with Crippen LogP contribution in [0.1, 0.15) is 48.9 Å². The van der Waals surface area contributed by atoms with Crippen LogP contribution in [0.5, 0.6) is 0 Å². The fraction of sp³-hybridized carbons (Fsp3) is 0.435. The van der Waals surface area contributed by atoms with Crippen molar-refractivity contribution in [1.29, 1.82) is 0 Å². The lowest BCUT2D eigenvalue weighted by atomic mass is 9.99. The van der Waals surface area contributed by atoms with Gasteiger partial charge in [-0.05, 0) is 74.4 Å². The van der Waals surface area contributed by atoms with Gasteiger partial charge in [-0.25, -0.2) is 8.42 Å². The van der Waals surface area contributed by atoms with Crippen molar-refractivity contribution >= 4 is 27.3 Å². The Morgan fingerprint density at radius 3 is 2.31 bits per heavy atom. The first-order chi connectivity index (χ1) is 13.6. The monoisotopic (exact) mass is 414 g/mol. The number of rotatable bonds is 6. The summed E-state index contributed by atoms with van der Waals surface area (Å²) < 4.78 is 28.8. The average molecular weight is 415 g/mol. The van der Waals surface area contributed by atoms with Gasteiger partial charge in [0, 0.05) is 24.3 Å². The van der Waals surface area contributed by atoms with Crippen molar-refractivity contribution in [3.05, 3.63) is 52.6 Å². The number of nitrogens with zero attached hydrogens (tertiary/aromatic N) is 1. The van der Waals surface area contributed by atoms with Gasteiger partial charge in [0.25, 0.3) is 10.0 Å². The summed E-state index contributed by atoms with van der Waals surface area (Å²) in [7, 11) is -3.69. The van der Waals surface area contributed by atoms with E-state index in [9.17, 15) is 13.2 Å². The number of aryl methyl sites for hydroxylation is 4. The molecule has 0 aromatic heterocycles. The highest BCUT2D eigenvalue weighted by atomic mass is 32.2. The molecule has 0 aliphatic carbocycles. The lowest BCUT2D eigenvalue weighted by Gasteiger charge is -2.30. The number of fused-ring (bicyclic) bond motifs is 1. The number of benzene rings is 2. The third kappa shape index (κ3) is 4.64. The molecule has 3 rings (SSSR count). The van der Waals surface area contributed by atoms with E-state index in [0.29, 0.717) is 35.9 Å². The van der Waals surface area contributed by atoms with Crippen LogP contribution in [0, 0.1) is 26.7 Å². The molecular weight excluding hydrogens is 384 g/mol. The molecule has 0 bridgehead atoms. The lowest BCUT2D eigenvalue weighted by Crippen LogP contribution is -2.36. The zero-order valence-corrected chi connectivity index (χ0v) is 18.7. The molecule has 0 unspecified atom stereocenters. The number of nitrogens with one attached hydrogen (secondary N) is 1. The summed E-state index contributed by atoms with van der Waals surface area (Å²) in [5.74, 6) is 0.651. The Morgan fingerprint density at radius 1 is 1.03 bits per heavy atom. The number of sulfonamides is 1. The van der Waals surface area contributed by atoms with E-state index in [1.165, 1.54) is 0 Å². The number of amides is 1. The van der Waals surface area contributed by atoms with Crippen LogP contribution in [-0.4, -0.2) is 20.9 Å². The Labute approximate surface area is 174 Å². The van der Waals surface area contributed by atoms with E-state index in [4.69, 9.17) is 0 Å². The number of carbonyl (C=O) groups excluding carboxylic acids is 1. The number of carbonyl (C=O) groups is 1. The largest absolute Gasteiger partial charge is 0.312 e. The maximum Gasteiger partial charge on any atom is 0.262 e. The molecule has 2 aromatic carbocycles. The SMILES string of the molecule is Cc1cc(C)c(S(=O)(=O)Nc2ccc3c(c2)CCC(=O)N3CCC(C)C)c(C)c1. The highest BCUT2D eigenvalue weighted by Crippen LogP contribution is 2.32. The molecule has 2 aromatic rings. The molecule has 0 saturated carbocycles. The zero-order valence-electron chi connectivity index (χ0n) is 17.9. The standard InChI is InChI=1S/C23H30N2O3S/c1-15(2)10-11-25-21-8-7-20(14-19(21)6-9-22(25)26)24-29(27,28)23-17(4)12-16(3)13-18(23)5/h7-8,12-15,24H,6,9-11H2,1-5H3. The second kappa shape index (κ2) is 8.19. The van der Waals surface area contributed by atoms with Gasteiger partial charge in [-0.3, -0.25) is 9.52 Å². The molecule has 6 heteroatoms. The predicted octanol–water partition coefficient (Wildman–Crippen LogP) is 4.74. The molecule has 5 nitrogen and oxygen atoms in total. The third-order valence-corrected chi connectivity index (χ3v) is 7.02. The second-order valence-electron chi connectivity index (χ2n) is 8.40. The van der Waals surface area contributed by atoms with E-state index < -0.39 is 10.0 Å². The maximum absolute atomic E-state index is 13.0. The molecular formula is C23H30N2O3S. The van der Waals surface area contributed by atoms with E-state index >= 15 is 0 Å². The van der Waals surface area contributed by atoms with Gasteiger partial charge in [0.2, 0.25) is 5.91 Å². The number of hydrogen-bond acceptors (Lipinski definition) is 3. The lowest BCUT2D eigenvalue weighted by molar-refractivity contribution is -0.118. The smallest absolute Gasteiger partial charge is 0.262 e. The molecule has 0 spiro atoms. The minimum absolute atomic E-state index is 0.136. The Balaban J connectivity index is 1.90. The van der Waals surface area contributed by atoms with Crippen LogP contribution < -0.4 is 9.62 Å². The van der Waals surface area contributed by atoms with Gasteiger partial charge < -0.3 is 4.90 Å². The van der Waals surface area contributed by atoms with Crippen LogP contribution in [0.25, 0.3) is 0 Å². The van der Waals surface area contributed by atoms with Crippen LogP contribution >= 0.6 is 0 Å². The maximum atomic E-state index is 13.0. The molecule has 0 atom stereocenters. The molecule has 1 heterocycles. The molecule has 1 N–H and O–H groups in total. The van der Waals surface area contributed by atoms with Gasteiger partial charge in [0.15, 0.2) is 0 Å². The van der Waals surface area contributed by atoms with Crippen molar-refractivity contribution in [2.75, 3.05) is 16.2 Å². The van der Waals surface area contributed by atoms with Crippen LogP contribution in [0.4, 0.5) is 11.4 Å². The van der Waals surface area contributed by atoms with E-state index in [2.05, 4.69) is 18.6 Å². The summed E-state index contributed by atoms with van der Waals surface area (Å²) in [6.07, 6.45) is 2.02. The number of anilines is 2. The molecule has 1 amide bonds. The highest BCUT2D eigenvalue weighted by Gasteiger charge is 2.25. The minimum atomic E-state index is -3.69. The fourth-order valence-corrected chi connectivity index (χ4v) is 5.56. The quantitative estimate of drug-likeness (QED) is 0.742. The first-order valence-corrected chi connectivity index (χ1v) is 11.6. The normalized spacial score (nSPS) is 14.3. The van der Waals surface area contributed by atoms with Gasteiger partial charge in [-0.15, -0.1) is 0 Å². The average Bonchev–Trinajstić information content (AvgIpc) is 2.59. The summed E-state index contributed by atoms with van der Waals surface area (Å²) in [5.41, 5.74) is 4.94. The van der Waals surface area contributed by atoms with Crippen molar-refractivity contribution in [1.82, 2.24) is 0 Å². The summed E-state index contributed by atoms with van der Waals surface area (Å²) >= 11 is 0. The summed E-state index contributed by atoms with van der Waals surface area (Å²) in [4.78, 5) is 14.6. The van der Waals surface area contributed by atoms with E-state index in [-0.39, 0.29) is 5.91 Å². The van der Waals surface area contributed by atoms with Crippen molar-refractivity contribution in [2.24, 2.45) is 5.92 Å². The Morgan fingerprint density at radius 2 is 1.69 bits per heavy atom. The summed E-state index contributed by atoms with van der Waals surface area (Å²) in [6.45, 7) is 10.6. The van der Waals surface area contributed by atoms with Crippen molar-refractivity contribution in [3.8, 4) is 0 Å². The first kappa shape index (κ1) is 21.4. The van der Waals surface area contributed by atoms with Gasteiger partial charge in [0.05, 0.1) is 4.90 Å². The number of hydrogen-bond donors (Lipinski definition) is 1. The van der Waals surface area contributed by atoms with Crippen LogP contribution in [0.3, 0.4) is 0 Å². The Hall–Kier alpha value is -2.34. The summed E-state index contributed by atoms with van der Waals surface area (Å²) in [5, 5.41) is 0. The first-order valence-electron chi connectivity index (χ1n) is 10.1. The zero-order chi connectivity index (χ0) is 21.3. The van der Waals surface area contributed by atoms with E-state index in [1.807, 2.05) is 49.9 Å². The van der Waals surface area contributed by atoms with Crippen molar-refractivity contribution in [2.45, 2.75) is 58.8 Å². The Kier molecular flexibility index (Phi) is 6.03. The molecule has 1 aliphatic heterocycles. The second-order valence-corrected chi connectivity index (χ2v) is 10.0. The molecule has 0 saturated heterocycles. The van der Waals surface area contributed by atoms with Gasteiger partial charge in [-0.2, -0.15) is 0 Å². The topological polar surface area (TPSA) is 66.5 Å². The molecule has 1 aliphatic rings. The highest BCUT2D eigenvalue weighted by molar-refractivity contribution is 7.92.